The zero-order chi connectivity index (χ0) is 28.3. The van der Waals surface area contributed by atoms with Crippen molar-refractivity contribution in [3.63, 3.8) is 0 Å². The number of para-hydroxylation sites is 1. The summed E-state index contributed by atoms with van der Waals surface area (Å²) in [4.78, 5) is 0. The number of aromatic nitrogens is 2. The molecule has 0 N–H and O–H groups in total. The van der Waals surface area contributed by atoms with Gasteiger partial charge in [-0.15, -0.1) is 0 Å². The summed E-state index contributed by atoms with van der Waals surface area (Å²) < 4.78 is 6.26. The Bertz CT molecular complexity index is 2080. The van der Waals surface area contributed by atoms with Gasteiger partial charge in [-0.3, -0.25) is 0 Å². The molecule has 0 aliphatic carbocycles. The van der Waals surface area contributed by atoms with Crippen molar-refractivity contribution < 1.29 is 4.57 Å². The molecule has 7 rings (SSSR count). The number of nitrogens with zero attached hydrogens (tertiary/aromatic N) is 2. The van der Waals surface area contributed by atoms with Gasteiger partial charge in [-0.05, 0) is 23.3 Å². The average Bonchev–Trinajstić information content (AvgIpc) is 3.30. The molecule has 0 fully saturated rings. The number of benzene rings is 5. The third-order valence-corrected chi connectivity index (χ3v) is 12.9. The second kappa shape index (κ2) is 9.74. The van der Waals surface area contributed by atoms with E-state index in [-0.39, 0.29) is 0 Å². The third-order valence-electron chi connectivity index (χ3n) is 8.53. The predicted octanol–water partition coefficient (Wildman–Crippen LogP) is 8.95. The van der Waals surface area contributed by atoms with Crippen molar-refractivity contribution in [3.05, 3.63) is 127 Å². The van der Waals surface area contributed by atoms with Crippen LogP contribution in [0.2, 0.25) is 17.3 Å². The fraction of sp³-hybridized carbons (Fsp3) is 0.132. The van der Waals surface area contributed by atoms with Crippen molar-refractivity contribution in [1.82, 2.24) is 4.57 Å². The molecular formula is C38H35GeN2+. The molecule has 0 unspecified atom stereocenters. The van der Waals surface area contributed by atoms with E-state index in [0.29, 0.717) is 0 Å². The second-order valence-corrected chi connectivity index (χ2v) is 22.9. The van der Waals surface area contributed by atoms with Crippen LogP contribution in [0.15, 0.2) is 121 Å². The van der Waals surface area contributed by atoms with E-state index in [1.807, 2.05) is 0 Å². The number of pyridine rings is 1. The molecule has 2 nitrogen and oxygen atoms in total. The second-order valence-electron chi connectivity index (χ2n) is 12.3. The van der Waals surface area contributed by atoms with E-state index in [0.717, 1.165) is 0 Å². The van der Waals surface area contributed by atoms with Gasteiger partial charge in [0.25, 0.3) is 0 Å². The van der Waals surface area contributed by atoms with Gasteiger partial charge >= 0.3 is 163 Å². The molecule has 2 aromatic heterocycles. The maximum absolute atomic E-state index is 2.45. The Balaban J connectivity index is 1.41. The number of hydrogen-bond acceptors (Lipinski definition) is 0. The van der Waals surface area contributed by atoms with E-state index < -0.39 is 13.3 Å². The van der Waals surface area contributed by atoms with Crippen LogP contribution in [0.3, 0.4) is 0 Å². The minimum atomic E-state index is -1.82. The van der Waals surface area contributed by atoms with Gasteiger partial charge in [0.15, 0.2) is 0 Å². The van der Waals surface area contributed by atoms with Crippen LogP contribution in [0.4, 0.5) is 0 Å². The van der Waals surface area contributed by atoms with Crippen LogP contribution >= 0.6 is 0 Å². The van der Waals surface area contributed by atoms with Gasteiger partial charge in [-0.25, -0.2) is 4.57 Å². The van der Waals surface area contributed by atoms with Crippen LogP contribution < -0.4 is 8.96 Å². The molecule has 3 heteroatoms. The van der Waals surface area contributed by atoms with E-state index in [1.165, 1.54) is 66.2 Å². The Morgan fingerprint density at radius 1 is 0.610 bits per heavy atom. The molecule has 200 valence electrons. The van der Waals surface area contributed by atoms with Gasteiger partial charge in [-0.2, -0.15) is 0 Å². The van der Waals surface area contributed by atoms with Crippen molar-refractivity contribution in [2.45, 2.75) is 24.2 Å². The Morgan fingerprint density at radius 2 is 1.24 bits per heavy atom. The molecule has 41 heavy (non-hydrogen) atoms. The molecule has 0 saturated heterocycles. The Kier molecular flexibility index (Phi) is 6.13. The normalized spacial score (nSPS) is 12.0. The molecule has 0 bridgehead atoms. The summed E-state index contributed by atoms with van der Waals surface area (Å²) in [5, 5.41) is 5.09. The van der Waals surface area contributed by atoms with Crippen LogP contribution in [0, 0.1) is 6.92 Å². The molecule has 0 aliphatic heterocycles. The molecule has 5 aromatic carbocycles. The third kappa shape index (κ3) is 4.38. The summed E-state index contributed by atoms with van der Waals surface area (Å²) in [6, 6.07) is 42.7. The van der Waals surface area contributed by atoms with Gasteiger partial charge in [0.05, 0.1) is 5.56 Å². The Morgan fingerprint density at radius 3 is 1.95 bits per heavy atom. The van der Waals surface area contributed by atoms with Crippen LogP contribution in [0.25, 0.3) is 60.6 Å². The molecule has 0 saturated carbocycles. The Labute approximate surface area is 244 Å². The first kappa shape index (κ1) is 25.8. The molecular weight excluding hydrogens is 557 g/mol. The van der Waals surface area contributed by atoms with E-state index in [4.69, 9.17) is 0 Å². The van der Waals surface area contributed by atoms with Gasteiger partial charge < -0.3 is 0 Å². The number of rotatable bonds is 4. The van der Waals surface area contributed by atoms with Crippen molar-refractivity contribution in [3.8, 4) is 28.1 Å². The van der Waals surface area contributed by atoms with E-state index in [9.17, 15) is 0 Å². The van der Waals surface area contributed by atoms with Crippen LogP contribution in [-0.2, 0) is 7.05 Å². The predicted molar refractivity (Wildman–Crippen MR) is 178 cm³/mol. The Hall–Kier alpha value is -4.15. The molecule has 0 amide bonds. The summed E-state index contributed by atoms with van der Waals surface area (Å²) >= 11 is -1.82. The number of fused-ring (bicyclic) bond motifs is 4. The van der Waals surface area contributed by atoms with Gasteiger partial charge in [0, 0.05) is 0 Å². The first-order valence-corrected chi connectivity index (χ1v) is 21.8. The average molecular weight is 592 g/mol. The van der Waals surface area contributed by atoms with Crippen molar-refractivity contribution in [2.75, 3.05) is 0 Å². The van der Waals surface area contributed by atoms with E-state index in [2.05, 4.69) is 162 Å². The van der Waals surface area contributed by atoms with Crippen molar-refractivity contribution >= 4 is 50.2 Å². The maximum atomic E-state index is 2.45. The summed E-state index contributed by atoms with van der Waals surface area (Å²) in [5.74, 6) is 7.34. The first-order chi connectivity index (χ1) is 19.8. The van der Waals surface area contributed by atoms with E-state index >= 15 is 0 Å². The fourth-order valence-electron chi connectivity index (χ4n) is 6.27. The summed E-state index contributed by atoms with van der Waals surface area (Å²) in [5.41, 5.74) is 9.95. The van der Waals surface area contributed by atoms with Crippen LogP contribution in [-0.4, -0.2) is 17.8 Å². The minimum absolute atomic E-state index is 1.18. The quantitative estimate of drug-likeness (QED) is 0.143. The first-order valence-electron chi connectivity index (χ1n) is 14.4. The van der Waals surface area contributed by atoms with Gasteiger partial charge in [0.2, 0.25) is 0 Å². The molecule has 7 aromatic rings. The van der Waals surface area contributed by atoms with Crippen molar-refractivity contribution in [1.29, 1.82) is 0 Å². The number of aryl methyl sites for hydroxylation is 2. The van der Waals surface area contributed by atoms with Crippen molar-refractivity contribution in [2.24, 2.45) is 7.05 Å². The zero-order valence-corrected chi connectivity index (χ0v) is 26.5. The SMILES string of the molecule is Cc1ccc2ccccc2c1-c1cc2c(c[n+]1C)c1ccccc1n2-c1ccc(-c2cc[c]([Ge]([CH3])([CH3])[CH3])cc2)cc1. The van der Waals surface area contributed by atoms with E-state index in [1.54, 1.807) is 4.40 Å². The topological polar surface area (TPSA) is 8.81 Å². The molecule has 0 atom stereocenters. The number of hydrogen-bond donors (Lipinski definition) is 0. The summed E-state index contributed by atoms with van der Waals surface area (Å²) in [6.45, 7) is 2.22. The fourth-order valence-corrected chi connectivity index (χ4v) is 8.72. The van der Waals surface area contributed by atoms with Gasteiger partial charge in [0.1, 0.15) is 7.05 Å². The van der Waals surface area contributed by atoms with Crippen LogP contribution in [0.5, 0.6) is 0 Å². The zero-order valence-electron chi connectivity index (χ0n) is 24.4. The monoisotopic (exact) mass is 593 g/mol. The standard InChI is InChI=1S/C38H35GeN2/c1-26-14-15-29-10-6-7-11-32(29)38(26)37-24-36-34(25-40(37)5)33-12-8-9-13-35(33)41(36)31-22-18-28(19-23-31)27-16-20-30(21-17-27)39(2,3)4/h6-25H,1-5H3/q+1. The molecule has 0 spiro atoms. The molecule has 0 aliphatic rings. The molecule has 0 radical (unpaired) electrons. The summed E-state index contributed by atoms with van der Waals surface area (Å²) in [6.07, 6.45) is 2.31. The van der Waals surface area contributed by atoms with Crippen LogP contribution in [0.1, 0.15) is 5.56 Å². The molecule has 2 heterocycles. The van der Waals surface area contributed by atoms with Gasteiger partial charge in [-0.1, -0.05) is 42.5 Å². The summed E-state index contributed by atoms with van der Waals surface area (Å²) in [7, 11) is 2.17.